The van der Waals surface area contributed by atoms with Crippen LogP contribution in [0.4, 0.5) is 11.5 Å². The van der Waals surface area contributed by atoms with Gasteiger partial charge in [0.2, 0.25) is 0 Å². The Labute approximate surface area is 174 Å². The number of halogens is 1. The van der Waals surface area contributed by atoms with Gasteiger partial charge < -0.3 is 5.32 Å². The Morgan fingerprint density at radius 1 is 1.10 bits per heavy atom. The van der Waals surface area contributed by atoms with Gasteiger partial charge in [-0.25, -0.2) is 8.42 Å². The summed E-state index contributed by atoms with van der Waals surface area (Å²) >= 11 is 6.22. The van der Waals surface area contributed by atoms with Crippen molar-refractivity contribution in [3.05, 3.63) is 53.2 Å². The molecule has 0 atom stereocenters. The number of hydrogen-bond acceptors (Lipinski definition) is 5. The number of sulfone groups is 1. The van der Waals surface area contributed by atoms with Crippen molar-refractivity contribution in [2.24, 2.45) is 0 Å². The number of fused-ring (bicyclic) bond motifs is 2. The number of para-hydroxylation sites is 1. The Morgan fingerprint density at radius 2 is 1.86 bits per heavy atom. The summed E-state index contributed by atoms with van der Waals surface area (Å²) in [5, 5.41) is 12.7. The van der Waals surface area contributed by atoms with Crippen molar-refractivity contribution in [1.82, 2.24) is 15.2 Å². The van der Waals surface area contributed by atoms with Gasteiger partial charge in [-0.05, 0) is 63.6 Å². The molecule has 2 aromatic carbocycles. The molecule has 8 heteroatoms. The van der Waals surface area contributed by atoms with Crippen molar-refractivity contribution in [1.29, 1.82) is 0 Å². The predicted octanol–water partition coefficient (Wildman–Crippen LogP) is 5.39. The van der Waals surface area contributed by atoms with Crippen LogP contribution in [0.3, 0.4) is 0 Å². The maximum atomic E-state index is 13.1. The topological polar surface area (TPSA) is 87.7 Å². The van der Waals surface area contributed by atoms with Gasteiger partial charge in [-0.3, -0.25) is 10.1 Å². The second kappa shape index (κ2) is 6.71. The number of nitrogens with one attached hydrogen (secondary N) is 2. The summed E-state index contributed by atoms with van der Waals surface area (Å²) in [6, 6.07) is 10.9. The molecule has 2 N–H and O–H groups in total. The van der Waals surface area contributed by atoms with E-state index in [0.29, 0.717) is 37.9 Å². The van der Waals surface area contributed by atoms with Gasteiger partial charge in [-0.1, -0.05) is 17.7 Å². The van der Waals surface area contributed by atoms with Crippen LogP contribution < -0.4 is 5.32 Å². The molecular formula is C21H21ClN4O2S. The third-order valence-electron chi connectivity index (χ3n) is 4.94. The molecule has 2 aromatic heterocycles. The van der Waals surface area contributed by atoms with Crippen molar-refractivity contribution < 1.29 is 8.42 Å². The summed E-state index contributed by atoms with van der Waals surface area (Å²) in [4.78, 5) is 4.72. The van der Waals surface area contributed by atoms with Crippen molar-refractivity contribution in [2.75, 3.05) is 5.32 Å². The molecule has 150 valence electrons. The molecule has 0 aliphatic rings. The number of nitrogens with zero attached hydrogens (tertiary/aromatic N) is 2. The lowest BCUT2D eigenvalue weighted by Gasteiger charge is -2.21. The minimum Gasteiger partial charge on any atom is -0.338 e. The van der Waals surface area contributed by atoms with E-state index in [9.17, 15) is 8.42 Å². The maximum absolute atomic E-state index is 13.1. The Hall–Kier alpha value is -2.64. The molecule has 4 aromatic rings. The smallest absolute Gasteiger partial charge is 0.183 e. The average Bonchev–Trinajstić information content (AvgIpc) is 3.04. The largest absolute Gasteiger partial charge is 0.338 e. The number of pyridine rings is 1. The summed E-state index contributed by atoms with van der Waals surface area (Å²) < 4.78 is 25.3. The van der Waals surface area contributed by atoms with Gasteiger partial charge in [0.25, 0.3) is 0 Å². The minimum absolute atomic E-state index is 0.309. The van der Waals surface area contributed by atoms with Gasteiger partial charge in [-0.2, -0.15) is 5.10 Å². The van der Waals surface area contributed by atoms with Crippen LogP contribution in [0.2, 0.25) is 5.02 Å². The highest BCUT2D eigenvalue weighted by Crippen LogP contribution is 2.35. The van der Waals surface area contributed by atoms with Crippen LogP contribution >= 0.6 is 11.6 Å². The van der Waals surface area contributed by atoms with Crippen molar-refractivity contribution in [3.8, 4) is 0 Å². The van der Waals surface area contributed by atoms with Crippen molar-refractivity contribution in [3.63, 3.8) is 0 Å². The number of aromatic nitrogens is 3. The Balaban J connectivity index is 1.89. The van der Waals surface area contributed by atoms with E-state index in [-0.39, 0.29) is 0 Å². The predicted molar refractivity (Wildman–Crippen MR) is 118 cm³/mol. The molecule has 4 rings (SSSR count). The zero-order valence-electron chi connectivity index (χ0n) is 16.5. The fourth-order valence-electron chi connectivity index (χ4n) is 3.24. The van der Waals surface area contributed by atoms with Gasteiger partial charge in [0, 0.05) is 17.0 Å². The molecular weight excluding hydrogens is 408 g/mol. The van der Waals surface area contributed by atoms with Gasteiger partial charge in [0.15, 0.2) is 15.7 Å². The lowest BCUT2D eigenvalue weighted by atomic mass is 10.1. The first-order valence-corrected chi connectivity index (χ1v) is 11.0. The number of aromatic amines is 1. The molecule has 0 saturated carbocycles. The molecule has 0 radical (unpaired) electrons. The number of aryl methyl sites for hydroxylation is 1. The van der Waals surface area contributed by atoms with Gasteiger partial charge in [0.05, 0.1) is 31.4 Å². The summed E-state index contributed by atoms with van der Waals surface area (Å²) in [7, 11) is -3.51. The van der Waals surface area contributed by atoms with Crippen LogP contribution in [-0.4, -0.2) is 28.3 Å². The van der Waals surface area contributed by atoms with Gasteiger partial charge in [-0.15, -0.1) is 0 Å². The van der Waals surface area contributed by atoms with Crippen LogP contribution in [0.5, 0.6) is 0 Å². The third-order valence-corrected chi connectivity index (χ3v) is 7.88. The Kier molecular flexibility index (Phi) is 4.55. The molecule has 2 heterocycles. The fourth-order valence-corrected chi connectivity index (χ4v) is 4.87. The van der Waals surface area contributed by atoms with Crippen LogP contribution in [-0.2, 0) is 9.84 Å². The summed E-state index contributed by atoms with van der Waals surface area (Å²) in [6.45, 7) is 6.90. The first-order chi connectivity index (χ1) is 13.6. The lowest BCUT2D eigenvalue weighted by Crippen LogP contribution is -2.28. The van der Waals surface area contributed by atoms with Crippen molar-refractivity contribution in [2.45, 2.75) is 37.3 Å². The molecule has 0 bridgehead atoms. The monoisotopic (exact) mass is 428 g/mol. The van der Waals surface area contributed by atoms with Crippen LogP contribution in [0, 0.1) is 6.92 Å². The van der Waals surface area contributed by atoms with Crippen molar-refractivity contribution >= 4 is 54.7 Å². The highest BCUT2D eigenvalue weighted by Gasteiger charge is 2.32. The SMILES string of the molecule is Cc1cc2nccc(Nc3n[nH]c4c(Cl)cccc34)c2cc1S(=O)(=O)C(C)(C)C. The highest BCUT2D eigenvalue weighted by molar-refractivity contribution is 7.92. The minimum atomic E-state index is -3.51. The van der Waals surface area contributed by atoms with E-state index in [0.717, 1.165) is 10.9 Å². The van der Waals surface area contributed by atoms with Crippen LogP contribution in [0.1, 0.15) is 26.3 Å². The lowest BCUT2D eigenvalue weighted by molar-refractivity contribution is 0.560. The molecule has 29 heavy (non-hydrogen) atoms. The molecule has 0 spiro atoms. The molecule has 0 fully saturated rings. The zero-order chi connectivity index (χ0) is 21.0. The van der Waals surface area contributed by atoms with E-state index >= 15 is 0 Å². The molecule has 0 amide bonds. The zero-order valence-corrected chi connectivity index (χ0v) is 18.1. The fraction of sp³-hybridized carbons (Fsp3) is 0.238. The summed E-state index contributed by atoms with van der Waals surface area (Å²) in [5.41, 5.74) is 2.84. The van der Waals surface area contributed by atoms with E-state index < -0.39 is 14.6 Å². The maximum Gasteiger partial charge on any atom is 0.183 e. The first kappa shape index (κ1) is 19.7. The second-order valence-electron chi connectivity index (χ2n) is 7.97. The van der Waals surface area contributed by atoms with E-state index in [1.54, 1.807) is 58.2 Å². The summed E-state index contributed by atoms with van der Waals surface area (Å²) in [6.07, 6.45) is 1.68. The number of hydrogen-bond donors (Lipinski definition) is 2. The second-order valence-corrected chi connectivity index (χ2v) is 11.0. The standard InChI is InChI=1S/C21H21ClN4O2S/c1-12-10-17-14(11-18(12)29(27,28)21(2,3)4)16(8-9-23-17)24-20-13-6-5-7-15(22)19(13)25-26-20/h5-11H,1-4H3,(H2,23,24,25,26). The molecule has 0 unspecified atom stereocenters. The average molecular weight is 429 g/mol. The van der Waals surface area contributed by atoms with Crippen LogP contribution in [0.15, 0.2) is 47.5 Å². The normalized spacial score (nSPS) is 12.6. The van der Waals surface area contributed by atoms with E-state index in [1.807, 2.05) is 12.1 Å². The Morgan fingerprint density at radius 3 is 2.59 bits per heavy atom. The molecule has 6 nitrogen and oxygen atoms in total. The molecule has 0 aliphatic carbocycles. The number of H-pyrrole nitrogens is 1. The number of benzene rings is 2. The van der Waals surface area contributed by atoms with E-state index in [4.69, 9.17) is 11.6 Å². The van der Waals surface area contributed by atoms with E-state index in [1.165, 1.54) is 0 Å². The van der Waals surface area contributed by atoms with E-state index in [2.05, 4.69) is 20.5 Å². The Bertz CT molecular complexity index is 1350. The first-order valence-electron chi connectivity index (χ1n) is 9.13. The highest BCUT2D eigenvalue weighted by atomic mass is 35.5. The third kappa shape index (κ3) is 3.24. The molecule has 0 saturated heterocycles. The quantitative estimate of drug-likeness (QED) is 0.456. The van der Waals surface area contributed by atoms with Gasteiger partial charge >= 0.3 is 0 Å². The number of anilines is 2. The number of rotatable bonds is 3. The summed E-state index contributed by atoms with van der Waals surface area (Å²) in [5.74, 6) is 0.607. The molecule has 0 aliphatic heterocycles. The van der Waals surface area contributed by atoms with Gasteiger partial charge in [0.1, 0.15) is 0 Å². The van der Waals surface area contributed by atoms with Crippen LogP contribution in [0.25, 0.3) is 21.8 Å².